The SMILES string of the molecule is CN(C)c1ccc(NC(=O)c2ccccc2Cl)cc1CN(CC1CC1)C(=O)C1CC1. The number of rotatable bonds is 8. The van der Waals surface area contributed by atoms with Crippen LogP contribution in [-0.2, 0) is 11.3 Å². The van der Waals surface area contributed by atoms with Crippen molar-refractivity contribution in [2.24, 2.45) is 11.8 Å². The van der Waals surface area contributed by atoms with Crippen molar-refractivity contribution in [1.82, 2.24) is 4.90 Å². The number of nitrogens with one attached hydrogen (secondary N) is 1. The first kappa shape index (κ1) is 20.7. The molecule has 158 valence electrons. The Hall–Kier alpha value is -2.53. The van der Waals surface area contributed by atoms with E-state index in [0.29, 0.717) is 28.7 Å². The van der Waals surface area contributed by atoms with Gasteiger partial charge in [-0.15, -0.1) is 0 Å². The summed E-state index contributed by atoms with van der Waals surface area (Å²) in [4.78, 5) is 29.6. The van der Waals surface area contributed by atoms with E-state index in [1.54, 1.807) is 24.3 Å². The van der Waals surface area contributed by atoms with Gasteiger partial charge in [0.15, 0.2) is 0 Å². The molecule has 0 aromatic heterocycles. The zero-order valence-corrected chi connectivity index (χ0v) is 18.3. The minimum Gasteiger partial charge on any atom is -0.377 e. The monoisotopic (exact) mass is 425 g/mol. The second-order valence-electron chi connectivity index (χ2n) is 8.61. The van der Waals surface area contributed by atoms with Gasteiger partial charge in [0.2, 0.25) is 5.91 Å². The van der Waals surface area contributed by atoms with E-state index >= 15 is 0 Å². The third-order valence-electron chi connectivity index (χ3n) is 5.71. The molecule has 6 heteroatoms. The third kappa shape index (κ3) is 4.96. The molecule has 2 aliphatic carbocycles. The number of benzene rings is 2. The minimum absolute atomic E-state index is 0.203. The maximum absolute atomic E-state index is 12.9. The fourth-order valence-electron chi connectivity index (χ4n) is 3.71. The molecule has 2 aromatic rings. The van der Waals surface area contributed by atoms with Gasteiger partial charge in [0, 0.05) is 44.5 Å². The highest BCUT2D eigenvalue weighted by atomic mass is 35.5. The normalized spacial score (nSPS) is 15.6. The number of hydrogen-bond donors (Lipinski definition) is 1. The van der Waals surface area contributed by atoms with Gasteiger partial charge < -0.3 is 15.1 Å². The Morgan fingerprint density at radius 1 is 1.07 bits per heavy atom. The predicted octanol–water partition coefficient (Wildman–Crippen LogP) is 4.81. The highest BCUT2D eigenvalue weighted by Gasteiger charge is 2.36. The van der Waals surface area contributed by atoms with Crippen LogP contribution in [0.3, 0.4) is 0 Å². The first-order valence-corrected chi connectivity index (χ1v) is 10.9. The lowest BCUT2D eigenvalue weighted by Crippen LogP contribution is -2.34. The van der Waals surface area contributed by atoms with Gasteiger partial charge in [-0.25, -0.2) is 0 Å². The minimum atomic E-state index is -0.243. The van der Waals surface area contributed by atoms with E-state index in [4.69, 9.17) is 11.6 Å². The zero-order chi connectivity index (χ0) is 21.3. The van der Waals surface area contributed by atoms with Crippen LogP contribution in [0.5, 0.6) is 0 Å². The van der Waals surface area contributed by atoms with Crippen molar-refractivity contribution in [1.29, 1.82) is 0 Å². The van der Waals surface area contributed by atoms with Gasteiger partial charge in [0.1, 0.15) is 0 Å². The summed E-state index contributed by atoms with van der Waals surface area (Å²) in [6.07, 6.45) is 4.44. The van der Waals surface area contributed by atoms with Gasteiger partial charge in [0.25, 0.3) is 5.91 Å². The van der Waals surface area contributed by atoms with E-state index in [2.05, 4.69) is 5.32 Å². The van der Waals surface area contributed by atoms with Crippen LogP contribution in [0.15, 0.2) is 42.5 Å². The van der Waals surface area contributed by atoms with Gasteiger partial charge in [-0.2, -0.15) is 0 Å². The molecule has 0 unspecified atom stereocenters. The van der Waals surface area contributed by atoms with E-state index in [9.17, 15) is 9.59 Å². The van der Waals surface area contributed by atoms with Crippen molar-refractivity contribution in [3.05, 3.63) is 58.6 Å². The largest absolute Gasteiger partial charge is 0.377 e. The fraction of sp³-hybridized carbons (Fsp3) is 0.417. The van der Waals surface area contributed by atoms with E-state index < -0.39 is 0 Å². The Kier molecular flexibility index (Phi) is 6.00. The van der Waals surface area contributed by atoms with Gasteiger partial charge in [-0.05, 0) is 67.5 Å². The first-order valence-electron chi connectivity index (χ1n) is 10.6. The molecule has 0 saturated heterocycles. The summed E-state index contributed by atoms with van der Waals surface area (Å²) in [5, 5.41) is 3.37. The summed E-state index contributed by atoms with van der Waals surface area (Å²) in [7, 11) is 3.99. The molecule has 0 radical (unpaired) electrons. The summed E-state index contributed by atoms with van der Waals surface area (Å²) in [6, 6.07) is 12.9. The smallest absolute Gasteiger partial charge is 0.257 e. The average Bonchev–Trinajstić information content (AvgIpc) is 3.61. The fourth-order valence-corrected chi connectivity index (χ4v) is 3.93. The van der Waals surface area contributed by atoms with E-state index in [1.165, 1.54) is 12.8 Å². The molecule has 0 atom stereocenters. The summed E-state index contributed by atoms with van der Waals surface area (Å²) in [5.74, 6) is 0.874. The van der Waals surface area contributed by atoms with Gasteiger partial charge in [-0.1, -0.05) is 23.7 Å². The topological polar surface area (TPSA) is 52.7 Å². The van der Waals surface area contributed by atoms with Crippen LogP contribution in [0.1, 0.15) is 41.6 Å². The lowest BCUT2D eigenvalue weighted by Gasteiger charge is -2.26. The number of halogens is 1. The Morgan fingerprint density at radius 2 is 1.80 bits per heavy atom. The molecule has 1 N–H and O–H groups in total. The molecule has 4 rings (SSSR count). The van der Waals surface area contributed by atoms with Crippen LogP contribution in [0.4, 0.5) is 11.4 Å². The highest BCUT2D eigenvalue weighted by Crippen LogP contribution is 2.36. The Bertz CT molecular complexity index is 951. The quantitative estimate of drug-likeness (QED) is 0.660. The number of nitrogens with zero attached hydrogens (tertiary/aromatic N) is 2. The van der Waals surface area contributed by atoms with Crippen molar-refractivity contribution < 1.29 is 9.59 Å². The second-order valence-corrected chi connectivity index (χ2v) is 9.02. The van der Waals surface area contributed by atoms with Crippen molar-refractivity contribution in [3.8, 4) is 0 Å². The summed E-state index contributed by atoms with van der Waals surface area (Å²) >= 11 is 6.17. The molecule has 2 aliphatic rings. The van der Waals surface area contributed by atoms with Crippen molar-refractivity contribution in [2.45, 2.75) is 32.2 Å². The Balaban J connectivity index is 1.56. The molecule has 0 aliphatic heterocycles. The van der Waals surface area contributed by atoms with Crippen LogP contribution in [0.2, 0.25) is 5.02 Å². The maximum Gasteiger partial charge on any atom is 0.257 e. The zero-order valence-electron chi connectivity index (χ0n) is 17.5. The number of amides is 2. The Morgan fingerprint density at radius 3 is 2.43 bits per heavy atom. The second kappa shape index (κ2) is 8.68. The number of carbonyl (C=O) groups is 2. The number of carbonyl (C=O) groups excluding carboxylic acids is 2. The molecular weight excluding hydrogens is 398 g/mol. The van der Waals surface area contributed by atoms with Crippen molar-refractivity contribution in [2.75, 3.05) is 30.9 Å². The van der Waals surface area contributed by atoms with Crippen molar-refractivity contribution in [3.63, 3.8) is 0 Å². The third-order valence-corrected chi connectivity index (χ3v) is 6.04. The highest BCUT2D eigenvalue weighted by molar-refractivity contribution is 6.34. The molecule has 5 nitrogen and oxygen atoms in total. The van der Waals surface area contributed by atoms with E-state index in [1.807, 2.05) is 42.1 Å². The van der Waals surface area contributed by atoms with Crippen LogP contribution in [0.25, 0.3) is 0 Å². The lowest BCUT2D eigenvalue weighted by atomic mass is 10.1. The van der Waals surface area contributed by atoms with Gasteiger partial charge in [0.05, 0.1) is 10.6 Å². The molecule has 2 aromatic carbocycles. The first-order chi connectivity index (χ1) is 14.4. The molecule has 0 heterocycles. The molecule has 2 saturated carbocycles. The molecule has 30 heavy (non-hydrogen) atoms. The molecular formula is C24H28ClN3O2. The van der Waals surface area contributed by atoms with Gasteiger partial charge in [-0.3, -0.25) is 9.59 Å². The standard InChI is InChI=1S/C24H28ClN3O2/c1-27(2)22-12-11-19(26-23(29)20-5-3-4-6-21(20)25)13-18(22)15-28(14-16-7-8-16)24(30)17-9-10-17/h3-6,11-13,16-17H,7-10,14-15H2,1-2H3,(H,26,29). The molecule has 2 amide bonds. The van der Waals surface area contributed by atoms with Crippen LogP contribution in [0, 0.1) is 11.8 Å². The van der Waals surface area contributed by atoms with E-state index in [0.717, 1.165) is 30.6 Å². The molecule has 2 fully saturated rings. The summed E-state index contributed by atoms with van der Waals surface area (Å²) in [6.45, 7) is 1.40. The van der Waals surface area contributed by atoms with Crippen LogP contribution in [-0.4, -0.2) is 37.4 Å². The van der Waals surface area contributed by atoms with Crippen LogP contribution >= 0.6 is 11.6 Å². The number of anilines is 2. The number of hydrogen-bond acceptors (Lipinski definition) is 3. The van der Waals surface area contributed by atoms with Gasteiger partial charge >= 0.3 is 0 Å². The molecule has 0 spiro atoms. The maximum atomic E-state index is 12.9. The van der Waals surface area contributed by atoms with Crippen LogP contribution < -0.4 is 10.2 Å². The Labute approximate surface area is 183 Å². The molecule has 0 bridgehead atoms. The van der Waals surface area contributed by atoms with E-state index in [-0.39, 0.29) is 17.7 Å². The summed E-state index contributed by atoms with van der Waals surface area (Å²) in [5.41, 5.74) is 3.23. The lowest BCUT2D eigenvalue weighted by molar-refractivity contribution is -0.133. The predicted molar refractivity (Wildman–Crippen MR) is 121 cm³/mol. The van der Waals surface area contributed by atoms with Crippen molar-refractivity contribution >= 4 is 34.8 Å². The average molecular weight is 426 g/mol. The summed E-state index contributed by atoms with van der Waals surface area (Å²) < 4.78 is 0.